The van der Waals surface area contributed by atoms with Crippen molar-refractivity contribution >= 4 is 17.7 Å². The molecule has 1 heterocycles. The highest BCUT2D eigenvalue weighted by Crippen LogP contribution is 2.18. The van der Waals surface area contributed by atoms with Gasteiger partial charge in [-0.05, 0) is 6.42 Å². The summed E-state index contributed by atoms with van der Waals surface area (Å²) >= 11 is 0. The van der Waals surface area contributed by atoms with Gasteiger partial charge in [0.1, 0.15) is 12.1 Å². The number of carbonyl (C=O) groups is 3. The minimum absolute atomic E-state index is 0.142. The molecule has 1 fully saturated rings. The van der Waals surface area contributed by atoms with E-state index in [0.29, 0.717) is 6.42 Å². The number of aliphatic hydroxyl groups is 1. The van der Waals surface area contributed by atoms with E-state index in [1.165, 1.54) is 11.8 Å². The van der Waals surface area contributed by atoms with E-state index in [0.717, 1.165) is 12.8 Å². The van der Waals surface area contributed by atoms with Crippen molar-refractivity contribution < 1.29 is 19.5 Å². The maximum Gasteiger partial charge on any atom is 0.243 e. The molecule has 1 aliphatic rings. The van der Waals surface area contributed by atoms with Crippen LogP contribution in [-0.4, -0.2) is 52.5 Å². The van der Waals surface area contributed by atoms with Gasteiger partial charge in [-0.2, -0.15) is 0 Å². The third-order valence-corrected chi connectivity index (χ3v) is 3.49. The highest BCUT2D eigenvalue weighted by Gasteiger charge is 2.38. The van der Waals surface area contributed by atoms with Gasteiger partial charge in [-0.25, -0.2) is 0 Å². The van der Waals surface area contributed by atoms with Crippen LogP contribution in [-0.2, 0) is 14.4 Å². The molecule has 0 aromatic rings. The van der Waals surface area contributed by atoms with Gasteiger partial charge in [-0.3, -0.25) is 14.4 Å². The van der Waals surface area contributed by atoms with Crippen LogP contribution in [0.15, 0.2) is 0 Å². The zero-order chi connectivity index (χ0) is 15.3. The van der Waals surface area contributed by atoms with Gasteiger partial charge in [-0.1, -0.05) is 19.8 Å². The minimum Gasteiger partial charge on any atom is -0.391 e. The molecule has 3 amide bonds. The number of aliphatic hydroxyl groups excluding tert-OH is 1. The SMILES string of the molecule is CCCC[C@@H](NC(=O)[C@@H]1C[C@@H](O)CN1C(C)=O)C(N)=O. The van der Waals surface area contributed by atoms with Crippen molar-refractivity contribution in [3.05, 3.63) is 0 Å². The molecule has 0 radical (unpaired) electrons. The van der Waals surface area contributed by atoms with Crippen molar-refractivity contribution in [1.82, 2.24) is 10.2 Å². The predicted octanol–water partition coefficient (Wildman–Crippen LogP) is -0.872. The number of nitrogens with two attached hydrogens (primary N) is 1. The van der Waals surface area contributed by atoms with E-state index in [9.17, 15) is 19.5 Å². The Morgan fingerprint density at radius 1 is 1.45 bits per heavy atom. The number of amides is 3. The summed E-state index contributed by atoms with van der Waals surface area (Å²) in [5.74, 6) is -1.29. The molecule has 1 saturated heterocycles. The quantitative estimate of drug-likeness (QED) is 0.588. The third-order valence-electron chi connectivity index (χ3n) is 3.49. The second-order valence-electron chi connectivity index (χ2n) is 5.18. The molecule has 0 spiro atoms. The number of β-amino-alcohol motifs (C(OH)–C–C–N with tert-alkyl or cyclic N) is 1. The fourth-order valence-corrected chi connectivity index (χ4v) is 2.37. The van der Waals surface area contributed by atoms with E-state index in [-0.39, 0.29) is 18.9 Å². The van der Waals surface area contributed by atoms with E-state index in [1.807, 2.05) is 6.92 Å². The topological polar surface area (TPSA) is 113 Å². The number of rotatable bonds is 6. The molecule has 1 rings (SSSR count). The summed E-state index contributed by atoms with van der Waals surface area (Å²) in [6.45, 7) is 3.47. The Bertz CT molecular complexity index is 386. The molecule has 114 valence electrons. The Hall–Kier alpha value is -1.63. The van der Waals surface area contributed by atoms with Crippen molar-refractivity contribution in [1.29, 1.82) is 0 Å². The number of primary amides is 1. The summed E-state index contributed by atoms with van der Waals surface area (Å²) in [5, 5.41) is 12.2. The molecule has 0 unspecified atom stereocenters. The summed E-state index contributed by atoms with van der Waals surface area (Å²) in [6, 6.07) is -1.46. The second-order valence-corrected chi connectivity index (χ2v) is 5.18. The lowest BCUT2D eigenvalue weighted by molar-refractivity contribution is -0.138. The fourth-order valence-electron chi connectivity index (χ4n) is 2.37. The molecule has 0 aromatic heterocycles. The first kappa shape index (κ1) is 16.4. The number of likely N-dealkylation sites (tertiary alicyclic amines) is 1. The summed E-state index contributed by atoms with van der Waals surface area (Å²) < 4.78 is 0. The van der Waals surface area contributed by atoms with Gasteiger partial charge in [0.2, 0.25) is 17.7 Å². The highest BCUT2D eigenvalue weighted by molar-refractivity contribution is 5.91. The van der Waals surface area contributed by atoms with E-state index < -0.39 is 30.0 Å². The van der Waals surface area contributed by atoms with E-state index in [4.69, 9.17) is 5.73 Å². The summed E-state index contributed by atoms with van der Waals surface area (Å²) in [4.78, 5) is 36.2. The van der Waals surface area contributed by atoms with Crippen molar-refractivity contribution in [2.75, 3.05) is 6.54 Å². The molecule has 0 saturated carbocycles. The first-order valence-electron chi connectivity index (χ1n) is 6.91. The predicted molar refractivity (Wildman–Crippen MR) is 72.4 cm³/mol. The van der Waals surface area contributed by atoms with Gasteiger partial charge >= 0.3 is 0 Å². The van der Waals surface area contributed by atoms with Crippen LogP contribution < -0.4 is 11.1 Å². The van der Waals surface area contributed by atoms with Crippen LogP contribution >= 0.6 is 0 Å². The van der Waals surface area contributed by atoms with Crippen molar-refractivity contribution in [2.45, 2.75) is 57.7 Å². The normalized spacial score (nSPS) is 23.4. The van der Waals surface area contributed by atoms with Crippen molar-refractivity contribution in [2.24, 2.45) is 5.73 Å². The molecule has 0 aromatic carbocycles. The Morgan fingerprint density at radius 2 is 2.10 bits per heavy atom. The molecular weight excluding hydrogens is 262 g/mol. The zero-order valence-corrected chi connectivity index (χ0v) is 12.0. The summed E-state index contributed by atoms with van der Waals surface area (Å²) in [5.41, 5.74) is 5.26. The van der Waals surface area contributed by atoms with Gasteiger partial charge < -0.3 is 21.1 Å². The van der Waals surface area contributed by atoms with Crippen LogP contribution in [0.25, 0.3) is 0 Å². The standard InChI is InChI=1S/C13H23N3O4/c1-3-4-5-10(12(14)19)15-13(20)11-6-9(18)7-16(11)8(2)17/h9-11,18H,3-7H2,1-2H3,(H2,14,19)(H,15,20)/t9-,10-,11+/m1/s1. The Morgan fingerprint density at radius 3 is 2.60 bits per heavy atom. The second kappa shape index (κ2) is 7.23. The number of hydrogen-bond acceptors (Lipinski definition) is 4. The van der Waals surface area contributed by atoms with Gasteiger partial charge in [0.25, 0.3) is 0 Å². The lowest BCUT2D eigenvalue weighted by Gasteiger charge is -2.24. The first-order chi connectivity index (χ1) is 9.36. The van der Waals surface area contributed by atoms with E-state index >= 15 is 0 Å². The molecule has 0 bridgehead atoms. The van der Waals surface area contributed by atoms with Crippen molar-refractivity contribution in [3.63, 3.8) is 0 Å². The molecule has 20 heavy (non-hydrogen) atoms. The molecule has 0 aliphatic carbocycles. The Labute approximate surface area is 118 Å². The molecule has 3 atom stereocenters. The fraction of sp³-hybridized carbons (Fsp3) is 0.769. The van der Waals surface area contributed by atoms with Crippen LogP contribution in [0, 0.1) is 0 Å². The lowest BCUT2D eigenvalue weighted by atomic mass is 10.1. The summed E-state index contributed by atoms with van der Waals surface area (Å²) in [7, 11) is 0. The van der Waals surface area contributed by atoms with E-state index in [2.05, 4.69) is 5.32 Å². The maximum absolute atomic E-state index is 12.2. The Balaban J connectivity index is 2.67. The molecule has 1 aliphatic heterocycles. The maximum atomic E-state index is 12.2. The zero-order valence-electron chi connectivity index (χ0n) is 12.0. The minimum atomic E-state index is -0.731. The average molecular weight is 285 g/mol. The molecule has 7 nitrogen and oxygen atoms in total. The molecular formula is C13H23N3O4. The first-order valence-corrected chi connectivity index (χ1v) is 6.91. The highest BCUT2D eigenvalue weighted by atomic mass is 16.3. The summed E-state index contributed by atoms with van der Waals surface area (Å²) in [6.07, 6.45) is 1.62. The van der Waals surface area contributed by atoms with Gasteiger partial charge in [0.15, 0.2) is 0 Å². The Kier molecular flexibility index (Phi) is 5.94. The number of unbranched alkanes of at least 4 members (excludes halogenated alkanes) is 1. The third kappa shape index (κ3) is 4.19. The smallest absolute Gasteiger partial charge is 0.243 e. The molecule has 7 heteroatoms. The largest absolute Gasteiger partial charge is 0.391 e. The van der Waals surface area contributed by atoms with Crippen LogP contribution in [0.1, 0.15) is 39.5 Å². The van der Waals surface area contributed by atoms with Gasteiger partial charge in [0.05, 0.1) is 6.10 Å². The van der Waals surface area contributed by atoms with Crippen molar-refractivity contribution in [3.8, 4) is 0 Å². The number of nitrogens with one attached hydrogen (secondary N) is 1. The average Bonchev–Trinajstić information content (AvgIpc) is 2.76. The van der Waals surface area contributed by atoms with Crippen LogP contribution in [0.4, 0.5) is 0 Å². The lowest BCUT2D eigenvalue weighted by Crippen LogP contribution is -2.51. The van der Waals surface area contributed by atoms with Crippen LogP contribution in [0.3, 0.4) is 0 Å². The van der Waals surface area contributed by atoms with Gasteiger partial charge in [0, 0.05) is 19.9 Å². The number of carbonyl (C=O) groups excluding carboxylic acids is 3. The monoisotopic (exact) mass is 285 g/mol. The van der Waals surface area contributed by atoms with Crippen LogP contribution in [0.2, 0.25) is 0 Å². The van der Waals surface area contributed by atoms with Gasteiger partial charge in [-0.15, -0.1) is 0 Å². The van der Waals surface area contributed by atoms with E-state index in [1.54, 1.807) is 0 Å². The number of hydrogen-bond donors (Lipinski definition) is 3. The number of nitrogens with zero attached hydrogens (tertiary/aromatic N) is 1. The van der Waals surface area contributed by atoms with Crippen LogP contribution in [0.5, 0.6) is 0 Å². The molecule has 4 N–H and O–H groups in total.